The van der Waals surface area contributed by atoms with Gasteiger partial charge in [-0.15, -0.1) is 11.3 Å². The van der Waals surface area contributed by atoms with E-state index in [0.717, 1.165) is 49.4 Å². The van der Waals surface area contributed by atoms with Gasteiger partial charge in [0.2, 0.25) is 11.8 Å². The summed E-state index contributed by atoms with van der Waals surface area (Å²) in [5.41, 5.74) is 4.11. The number of carbonyl (C=O) groups is 2. The Morgan fingerprint density at radius 1 is 1.13 bits per heavy atom. The van der Waals surface area contributed by atoms with Crippen LogP contribution >= 0.6 is 11.3 Å². The van der Waals surface area contributed by atoms with E-state index in [-0.39, 0.29) is 17.7 Å². The molecule has 2 aliphatic rings. The molecule has 1 fully saturated rings. The van der Waals surface area contributed by atoms with Gasteiger partial charge in [-0.1, -0.05) is 26.3 Å². The number of hydrogen-bond donors (Lipinski definition) is 1. The van der Waals surface area contributed by atoms with E-state index in [1.54, 1.807) is 0 Å². The number of rotatable bonds is 5. The maximum absolute atomic E-state index is 12.5. The van der Waals surface area contributed by atoms with E-state index in [9.17, 15) is 9.59 Å². The van der Waals surface area contributed by atoms with Crippen molar-refractivity contribution in [2.24, 2.45) is 5.92 Å². The van der Waals surface area contributed by atoms with Gasteiger partial charge in [0.1, 0.15) is 0 Å². The summed E-state index contributed by atoms with van der Waals surface area (Å²) in [7, 11) is 0. The third kappa shape index (κ3) is 4.73. The average Bonchev–Trinajstić information content (AvgIpc) is 3.21. The van der Waals surface area contributed by atoms with Gasteiger partial charge in [0.25, 0.3) is 0 Å². The molecule has 3 heterocycles. The number of aromatic nitrogens is 1. The molecule has 0 spiro atoms. The molecule has 1 aromatic carbocycles. The lowest BCUT2D eigenvalue weighted by molar-refractivity contribution is -0.121. The van der Waals surface area contributed by atoms with Crippen molar-refractivity contribution in [3.8, 4) is 11.3 Å². The molecule has 4 rings (SSSR count). The third-order valence-corrected chi connectivity index (χ3v) is 6.58. The molecule has 0 aliphatic carbocycles. The van der Waals surface area contributed by atoms with Crippen molar-refractivity contribution in [3.05, 3.63) is 29.1 Å². The number of carbonyl (C=O) groups excluding carboxylic acids is 2. The standard InChI is InChI=1S/C23H30N4O2S/c1-16(2)22(29)27-12-6-7-18-13-17(8-9-20(18)27)19-15-30-23(24-19)25-21(28)14-26-10-4-3-5-11-26/h8-9,13,15-16H,3-7,10-12,14H2,1-2H3,(H,24,25,28). The smallest absolute Gasteiger partial charge is 0.240 e. The molecule has 30 heavy (non-hydrogen) atoms. The van der Waals surface area contributed by atoms with Crippen LogP contribution in [-0.2, 0) is 16.0 Å². The monoisotopic (exact) mass is 426 g/mol. The molecule has 0 bridgehead atoms. The fourth-order valence-corrected chi connectivity index (χ4v) is 4.98. The first-order valence-electron chi connectivity index (χ1n) is 10.9. The van der Waals surface area contributed by atoms with E-state index >= 15 is 0 Å². The van der Waals surface area contributed by atoms with Crippen molar-refractivity contribution < 1.29 is 9.59 Å². The number of piperidine rings is 1. The van der Waals surface area contributed by atoms with Crippen molar-refractivity contribution in [1.82, 2.24) is 9.88 Å². The van der Waals surface area contributed by atoms with Gasteiger partial charge in [0, 0.05) is 29.1 Å². The second-order valence-electron chi connectivity index (χ2n) is 8.51. The number of amides is 2. The van der Waals surface area contributed by atoms with Crippen LogP contribution in [-0.4, -0.2) is 47.9 Å². The van der Waals surface area contributed by atoms with E-state index in [0.29, 0.717) is 11.7 Å². The van der Waals surface area contributed by atoms with Crippen LogP contribution in [0.2, 0.25) is 0 Å². The molecule has 2 aliphatic heterocycles. The van der Waals surface area contributed by atoms with Crippen LogP contribution in [0.25, 0.3) is 11.3 Å². The Balaban J connectivity index is 1.44. The Labute approximate surface area is 182 Å². The summed E-state index contributed by atoms with van der Waals surface area (Å²) in [6.45, 7) is 7.12. The molecule has 2 amide bonds. The second-order valence-corrected chi connectivity index (χ2v) is 9.37. The fraction of sp³-hybridized carbons (Fsp3) is 0.522. The van der Waals surface area contributed by atoms with Gasteiger partial charge in [-0.05, 0) is 56.5 Å². The SMILES string of the molecule is CC(C)C(=O)N1CCCc2cc(-c3csc(NC(=O)CN4CCCCC4)n3)ccc21. The second kappa shape index (κ2) is 9.27. The predicted octanol–water partition coefficient (Wildman–Crippen LogP) is 4.17. The molecule has 6 nitrogen and oxygen atoms in total. The zero-order valence-corrected chi connectivity index (χ0v) is 18.6. The van der Waals surface area contributed by atoms with Gasteiger partial charge in [-0.2, -0.15) is 0 Å². The Morgan fingerprint density at radius 3 is 2.70 bits per heavy atom. The summed E-state index contributed by atoms with van der Waals surface area (Å²) in [5.74, 6) is 0.174. The summed E-state index contributed by atoms with van der Waals surface area (Å²) in [6, 6.07) is 6.21. The first-order chi connectivity index (χ1) is 14.5. The van der Waals surface area contributed by atoms with Crippen LogP contribution in [0.4, 0.5) is 10.8 Å². The zero-order chi connectivity index (χ0) is 21.1. The number of thiazole rings is 1. The summed E-state index contributed by atoms with van der Waals surface area (Å²) >= 11 is 1.46. The molecule has 2 aromatic rings. The summed E-state index contributed by atoms with van der Waals surface area (Å²) in [5, 5.41) is 5.57. The lowest BCUT2D eigenvalue weighted by Crippen LogP contribution is -2.38. The van der Waals surface area contributed by atoms with Gasteiger partial charge < -0.3 is 10.2 Å². The number of benzene rings is 1. The lowest BCUT2D eigenvalue weighted by Gasteiger charge is -2.31. The Hall–Kier alpha value is -2.25. The minimum atomic E-state index is -0.00901. The third-order valence-electron chi connectivity index (χ3n) is 5.82. The van der Waals surface area contributed by atoms with E-state index < -0.39 is 0 Å². The van der Waals surface area contributed by atoms with Gasteiger partial charge in [-0.3, -0.25) is 14.5 Å². The highest BCUT2D eigenvalue weighted by molar-refractivity contribution is 7.14. The Kier molecular flexibility index (Phi) is 6.49. The molecular formula is C23H30N4O2S. The van der Waals surface area contributed by atoms with Crippen LogP contribution in [0.5, 0.6) is 0 Å². The van der Waals surface area contributed by atoms with Gasteiger partial charge in [-0.25, -0.2) is 4.98 Å². The van der Waals surface area contributed by atoms with Crippen molar-refractivity contribution in [3.63, 3.8) is 0 Å². The van der Waals surface area contributed by atoms with E-state index in [4.69, 9.17) is 0 Å². The molecule has 1 aromatic heterocycles. The number of hydrogen-bond acceptors (Lipinski definition) is 5. The van der Waals surface area contributed by atoms with Crippen molar-refractivity contribution >= 4 is 34.0 Å². The first kappa shape index (κ1) is 21.0. The molecule has 1 N–H and O–H groups in total. The summed E-state index contributed by atoms with van der Waals surface area (Å²) in [6.07, 6.45) is 5.55. The van der Waals surface area contributed by atoms with E-state index in [1.807, 2.05) is 36.3 Å². The number of nitrogens with zero attached hydrogens (tertiary/aromatic N) is 3. The first-order valence-corrected chi connectivity index (χ1v) is 11.8. The predicted molar refractivity (Wildman–Crippen MR) is 122 cm³/mol. The molecule has 0 unspecified atom stereocenters. The van der Waals surface area contributed by atoms with E-state index in [1.165, 1.54) is 36.2 Å². The fourth-order valence-electron chi connectivity index (χ4n) is 4.24. The van der Waals surface area contributed by atoms with Gasteiger partial charge >= 0.3 is 0 Å². The van der Waals surface area contributed by atoms with Crippen LogP contribution in [0.1, 0.15) is 45.1 Å². The lowest BCUT2D eigenvalue weighted by atomic mass is 9.97. The number of nitrogens with one attached hydrogen (secondary N) is 1. The Bertz CT molecular complexity index is 918. The normalized spacial score (nSPS) is 17.1. The largest absolute Gasteiger partial charge is 0.312 e. The van der Waals surface area contributed by atoms with Gasteiger partial charge in [0.15, 0.2) is 5.13 Å². The van der Waals surface area contributed by atoms with Crippen LogP contribution in [0.3, 0.4) is 0 Å². The average molecular weight is 427 g/mol. The molecular weight excluding hydrogens is 396 g/mol. The molecule has 0 radical (unpaired) electrons. The minimum Gasteiger partial charge on any atom is -0.312 e. The quantitative estimate of drug-likeness (QED) is 0.779. The highest BCUT2D eigenvalue weighted by atomic mass is 32.1. The highest BCUT2D eigenvalue weighted by Gasteiger charge is 2.25. The molecule has 0 saturated carbocycles. The molecule has 0 atom stereocenters. The van der Waals surface area contributed by atoms with Crippen molar-refractivity contribution in [2.45, 2.75) is 46.0 Å². The Morgan fingerprint density at radius 2 is 1.93 bits per heavy atom. The topological polar surface area (TPSA) is 65.5 Å². The molecule has 7 heteroatoms. The number of likely N-dealkylation sites (tertiary alicyclic amines) is 1. The zero-order valence-electron chi connectivity index (χ0n) is 17.8. The van der Waals surface area contributed by atoms with Gasteiger partial charge in [0.05, 0.1) is 12.2 Å². The van der Waals surface area contributed by atoms with Crippen LogP contribution in [0, 0.1) is 5.92 Å². The summed E-state index contributed by atoms with van der Waals surface area (Å²) < 4.78 is 0. The molecule has 1 saturated heterocycles. The summed E-state index contributed by atoms with van der Waals surface area (Å²) in [4.78, 5) is 33.6. The number of aryl methyl sites for hydroxylation is 1. The number of anilines is 2. The van der Waals surface area contributed by atoms with E-state index in [2.05, 4.69) is 21.3 Å². The molecule has 160 valence electrons. The minimum absolute atomic E-state index is 0.00563. The number of fused-ring (bicyclic) bond motifs is 1. The van der Waals surface area contributed by atoms with Crippen molar-refractivity contribution in [2.75, 3.05) is 36.4 Å². The highest BCUT2D eigenvalue weighted by Crippen LogP contribution is 2.33. The van der Waals surface area contributed by atoms with Crippen LogP contribution < -0.4 is 10.2 Å². The van der Waals surface area contributed by atoms with Crippen molar-refractivity contribution in [1.29, 1.82) is 0 Å². The maximum Gasteiger partial charge on any atom is 0.240 e. The van der Waals surface area contributed by atoms with Crippen LogP contribution in [0.15, 0.2) is 23.6 Å². The maximum atomic E-state index is 12.5.